The summed E-state index contributed by atoms with van der Waals surface area (Å²) in [5.74, 6) is -0.297. The standard InChI is InChI=1S/C20H14BrN3OS/c1-12-17(19(25)24-15-5-3-2-4-6-15)18(16(11-22)20(26)23-12)13-7-9-14(21)10-8-13/h2-10H,1H3,(H,23,26)(H,24,25). The average molecular weight is 424 g/mol. The first-order chi connectivity index (χ1) is 12.5. The van der Waals surface area contributed by atoms with Crippen LogP contribution in [0.4, 0.5) is 5.69 Å². The minimum atomic E-state index is -0.297. The van der Waals surface area contributed by atoms with Crippen molar-refractivity contribution in [2.75, 3.05) is 5.32 Å². The van der Waals surface area contributed by atoms with Gasteiger partial charge in [0, 0.05) is 21.4 Å². The molecule has 0 spiro atoms. The van der Waals surface area contributed by atoms with Crippen LogP contribution in [0.5, 0.6) is 0 Å². The number of aromatic nitrogens is 1. The Morgan fingerprint density at radius 1 is 1.15 bits per heavy atom. The number of aryl methyl sites for hydroxylation is 1. The zero-order valence-electron chi connectivity index (χ0n) is 13.8. The first-order valence-corrected chi connectivity index (χ1v) is 9.00. The zero-order chi connectivity index (χ0) is 18.7. The van der Waals surface area contributed by atoms with Gasteiger partial charge in [-0.1, -0.05) is 58.5 Å². The van der Waals surface area contributed by atoms with Crippen molar-refractivity contribution in [1.82, 2.24) is 4.98 Å². The lowest BCUT2D eigenvalue weighted by Gasteiger charge is -2.15. The van der Waals surface area contributed by atoms with E-state index in [-0.39, 0.29) is 11.5 Å². The number of rotatable bonds is 3. The Hall–Kier alpha value is -2.75. The predicted octanol–water partition coefficient (Wildman–Crippen LogP) is 5.61. The average Bonchev–Trinajstić information content (AvgIpc) is 2.62. The van der Waals surface area contributed by atoms with E-state index in [0.29, 0.717) is 27.1 Å². The molecule has 1 aromatic heterocycles. The Kier molecular flexibility index (Phi) is 5.31. The van der Waals surface area contributed by atoms with Gasteiger partial charge in [-0.2, -0.15) is 5.26 Å². The monoisotopic (exact) mass is 423 g/mol. The lowest BCUT2D eigenvalue weighted by Crippen LogP contribution is -2.16. The summed E-state index contributed by atoms with van der Waals surface area (Å²) >= 11 is 8.71. The number of H-pyrrole nitrogens is 1. The van der Waals surface area contributed by atoms with E-state index in [0.717, 1.165) is 10.0 Å². The minimum Gasteiger partial charge on any atom is -0.348 e. The third-order valence-corrected chi connectivity index (χ3v) is 4.74. The van der Waals surface area contributed by atoms with E-state index in [4.69, 9.17) is 12.2 Å². The van der Waals surface area contributed by atoms with E-state index in [1.54, 1.807) is 6.92 Å². The highest BCUT2D eigenvalue weighted by Crippen LogP contribution is 2.31. The summed E-state index contributed by atoms with van der Waals surface area (Å²) in [5, 5.41) is 12.5. The van der Waals surface area contributed by atoms with E-state index < -0.39 is 0 Å². The second kappa shape index (κ2) is 7.65. The van der Waals surface area contributed by atoms with E-state index in [1.807, 2.05) is 54.6 Å². The molecule has 1 heterocycles. The van der Waals surface area contributed by atoms with Crippen LogP contribution >= 0.6 is 28.1 Å². The number of hydrogen-bond acceptors (Lipinski definition) is 3. The maximum absolute atomic E-state index is 13.0. The molecular formula is C20H14BrN3OS. The molecule has 0 bridgehead atoms. The summed E-state index contributed by atoms with van der Waals surface area (Å²) in [6, 6.07) is 18.8. The summed E-state index contributed by atoms with van der Waals surface area (Å²) in [6.45, 7) is 1.78. The molecule has 1 amide bonds. The number of halogens is 1. The molecule has 4 nitrogen and oxygen atoms in total. The van der Waals surface area contributed by atoms with Crippen LogP contribution in [-0.4, -0.2) is 10.9 Å². The molecule has 0 aliphatic rings. The smallest absolute Gasteiger partial charge is 0.258 e. The summed E-state index contributed by atoms with van der Waals surface area (Å²) in [4.78, 5) is 16.0. The number of pyridine rings is 1. The van der Waals surface area contributed by atoms with Gasteiger partial charge in [-0.25, -0.2) is 0 Å². The normalized spacial score (nSPS) is 10.2. The van der Waals surface area contributed by atoms with E-state index >= 15 is 0 Å². The van der Waals surface area contributed by atoms with Crippen molar-refractivity contribution in [3.8, 4) is 17.2 Å². The van der Waals surface area contributed by atoms with Crippen molar-refractivity contribution in [1.29, 1.82) is 5.26 Å². The fraction of sp³-hybridized carbons (Fsp3) is 0.0500. The Balaban J connectivity index is 2.21. The van der Waals surface area contributed by atoms with Gasteiger partial charge in [0.25, 0.3) is 5.91 Å². The van der Waals surface area contributed by atoms with Gasteiger partial charge in [0.15, 0.2) is 0 Å². The number of nitriles is 1. The molecule has 2 aromatic carbocycles. The van der Waals surface area contributed by atoms with Crippen LogP contribution in [0.25, 0.3) is 11.1 Å². The first kappa shape index (κ1) is 18.1. The molecule has 0 unspecified atom stereocenters. The molecule has 6 heteroatoms. The van der Waals surface area contributed by atoms with Crippen molar-refractivity contribution in [2.45, 2.75) is 6.92 Å². The fourth-order valence-corrected chi connectivity index (χ4v) is 3.30. The summed E-state index contributed by atoms with van der Waals surface area (Å²) < 4.78 is 1.23. The van der Waals surface area contributed by atoms with Gasteiger partial charge in [0.2, 0.25) is 0 Å². The summed E-state index contributed by atoms with van der Waals surface area (Å²) in [6.07, 6.45) is 0. The quantitative estimate of drug-likeness (QED) is 0.538. The Morgan fingerprint density at radius 2 is 1.81 bits per heavy atom. The first-order valence-electron chi connectivity index (χ1n) is 7.80. The Bertz CT molecular complexity index is 1070. The van der Waals surface area contributed by atoms with Crippen LogP contribution in [-0.2, 0) is 0 Å². The highest BCUT2D eigenvalue weighted by Gasteiger charge is 2.21. The molecule has 3 rings (SSSR count). The molecule has 0 aliphatic heterocycles. The minimum absolute atomic E-state index is 0.283. The number of carbonyl (C=O) groups excluding carboxylic acids is 1. The number of nitrogens with one attached hydrogen (secondary N) is 2. The number of carbonyl (C=O) groups is 1. The predicted molar refractivity (Wildman–Crippen MR) is 109 cm³/mol. The Morgan fingerprint density at radius 3 is 2.42 bits per heavy atom. The van der Waals surface area contributed by atoms with E-state index in [1.165, 1.54) is 0 Å². The maximum atomic E-state index is 13.0. The SMILES string of the molecule is Cc1[nH]c(=S)c(C#N)c(-c2ccc(Br)cc2)c1C(=O)Nc1ccccc1. The van der Waals surface area contributed by atoms with Crippen LogP contribution in [0, 0.1) is 22.9 Å². The number of amides is 1. The largest absolute Gasteiger partial charge is 0.348 e. The van der Waals surface area contributed by atoms with Crippen LogP contribution in [0.2, 0.25) is 0 Å². The van der Waals surface area contributed by atoms with Gasteiger partial charge >= 0.3 is 0 Å². The second-order valence-corrected chi connectivity index (χ2v) is 6.97. The molecule has 0 saturated heterocycles. The van der Waals surface area contributed by atoms with Gasteiger partial charge in [-0.05, 0) is 36.8 Å². The van der Waals surface area contributed by atoms with Crippen LogP contribution in [0.15, 0.2) is 59.1 Å². The van der Waals surface area contributed by atoms with Crippen LogP contribution in [0.3, 0.4) is 0 Å². The number of hydrogen-bond donors (Lipinski definition) is 2. The van der Waals surface area contributed by atoms with Crippen LogP contribution in [0.1, 0.15) is 21.6 Å². The van der Waals surface area contributed by atoms with E-state index in [9.17, 15) is 10.1 Å². The third-order valence-electron chi connectivity index (χ3n) is 3.91. The molecule has 0 radical (unpaired) electrons. The van der Waals surface area contributed by atoms with Gasteiger partial charge < -0.3 is 10.3 Å². The highest BCUT2D eigenvalue weighted by atomic mass is 79.9. The number of nitrogens with zero attached hydrogens (tertiary/aromatic N) is 1. The molecule has 0 fully saturated rings. The van der Waals surface area contributed by atoms with Crippen molar-refractivity contribution in [3.63, 3.8) is 0 Å². The lowest BCUT2D eigenvalue weighted by molar-refractivity contribution is 0.102. The van der Waals surface area contributed by atoms with Gasteiger partial charge in [0.1, 0.15) is 10.7 Å². The van der Waals surface area contributed by atoms with Crippen LogP contribution < -0.4 is 5.32 Å². The van der Waals surface area contributed by atoms with E-state index in [2.05, 4.69) is 32.3 Å². The van der Waals surface area contributed by atoms with Crippen molar-refractivity contribution >= 4 is 39.7 Å². The molecular weight excluding hydrogens is 410 g/mol. The highest BCUT2D eigenvalue weighted by molar-refractivity contribution is 9.10. The number of benzene rings is 2. The molecule has 0 saturated carbocycles. The molecule has 2 N–H and O–H groups in total. The number of anilines is 1. The Labute approximate surface area is 164 Å². The molecule has 26 heavy (non-hydrogen) atoms. The third kappa shape index (κ3) is 3.59. The summed E-state index contributed by atoms with van der Waals surface area (Å²) in [5.41, 5.74) is 3.27. The molecule has 0 aliphatic carbocycles. The molecule has 128 valence electrons. The van der Waals surface area contributed by atoms with Gasteiger partial charge in [-0.15, -0.1) is 0 Å². The molecule has 0 atom stereocenters. The van der Waals surface area contributed by atoms with Crippen molar-refractivity contribution < 1.29 is 4.79 Å². The summed E-state index contributed by atoms with van der Waals surface area (Å²) in [7, 11) is 0. The fourth-order valence-electron chi connectivity index (χ4n) is 2.73. The number of para-hydroxylation sites is 1. The van der Waals surface area contributed by atoms with Gasteiger partial charge in [-0.3, -0.25) is 4.79 Å². The second-order valence-electron chi connectivity index (χ2n) is 5.64. The van der Waals surface area contributed by atoms with Crippen molar-refractivity contribution in [3.05, 3.63) is 80.5 Å². The maximum Gasteiger partial charge on any atom is 0.258 e. The van der Waals surface area contributed by atoms with Crippen molar-refractivity contribution in [2.24, 2.45) is 0 Å². The molecule has 3 aromatic rings. The lowest BCUT2D eigenvalue weighted by atomic mass is 9.94. The van der Waals surface area contributed by atoms with Gasteiger partial charge in [0.05, 0.1) is 11.1 Å². The number of aromatic amines is 1. The zero-order valence-corrected chi connectivity index (χ0v) is 16.2. The topological polar surface area (TPSA) is 68.7 Å².